The van der Waals surface area contributed by atoms with Crippen molar-refractivity contribution in [3.63, 3.8) is 0 Å². The van der Waals surface area contributed by atoms with Gasteiger partial charge >= 0.3 is 0 Å². The van der Waals surface area contributed by atoms with Crippen LogP contribution in [0, 0.1) is 11.8 Å². The molecule has 0 spiro atoms. The normalized spacial score (nSPS) is 26.8. The quantitative estimate of drug-likeness (QED) is 0.546. The molecule has 4 rings (SSSR count). The summed E-state index contributed by atoms with van der Waals surface area (Å²) in [6, 6.07) is 12.0. The van der Waals surface area contributed by atoms with Crippen LogP contribution in [0.25, 0.3) is 0 Å². The summed E-state index contributed by atoms with van der Waals surface area (Å²) in [5.41, 5.74) is 2.44. The zero-order chi connectivity index (χ0) is 26.3. The lowest BCUT2D eigenvalue weighted by molar-refractivity contribution is -0.122. The molecule has 2 aliphatic heterocycles. The Bertz CT molecular complexity index is 1230. The summed E-state index contributed by atoms with van der Waals surface area (Å²) >= 11 is 0. The molecule has 2 heterocycles. The van der Waals surface area contributed by atoms with E-state index in [9.17, 15) is 23.4 Å². The Labute approximate surface area is 214 Å². The van der Waals surface area contributed by atoms with E-state index in [2.05, 4.69) is 30.1 Å². The second-order valence-corrected chi connectivity index (χ2v) is 13.4. The summed E-state index contributed by atoms with van der Waals surface area (Å²) in [6.07, 6.45) is 1.05. The van der Waals surface area contributed by atoms with E-state index in [1.165, 1.54) is 12.1 Å². The minimum Gasteiger partial charge on any atom is -0.508 e. The first-order chi connectivity index (χ1) is 16.9. The molecule has 4 atom stereocenters. The lowest BCUT2D eigenvalue weighted by Crippen LogP contribution is -2.55. The van der Waals surface area contributed by atoms with E-state index >= 15 is 0 Å². The van der Waals surface area contributed by atoms with Gasteiger partial charge in [-0.05, 0) is 77.6 Å². The lowest BCUT2D eigenvalue weighted by atomic mass is 9.68. The molecule has 1 amide bonds. The van der Waals surface area contributed by atoms with E-state index in [-0.39, 0.29) is 41.0 Å². The zero-order valence-electron chi connectivity index (χ0n) is 21.6. The third kappa shape index (κ3) is 5.39. The van der Waals surface area contributed by atoms with Gasteiger partial charge < -0.3 is 20.4 Å². The number of benzene rings is 2. The maximum atomic E-state index is 13.2. The van der Waals surface area contributed by atoms with Gasteiger partial charge in [0.25, 0.3) is 0 Å². The van der Waals surface area contributed by atoms with Gasteiger partial charge in [0.1, 0.15) is 16.7 Å². The average Bonchev–Trinajstić information content (AvgIpc) is 2.79. The van der Waals surface area contributed by atoms with Crippen molar-refractivity contribution in [2.75, 3.05) is 19.6 Å². The Morgan fingerprint density at radius 1 is 1.14 bits per heavy atom. The largest absolute Gasteiger partial charge is 0.508 e. The molecule has 36 heavy (non-hydrogen) atoms. The number of likely N-dealkylation sites (tertiary alicyclic amines) is 1. The van der Waals surface area contributed by atoms with Crippen molar-refractivity contribution in [3.05, 3.63) is 59.2 Å². The number of nitrogens with one attached hydrogen (secondary N) is 1. The molecule has 8 heteroatoms. The number of sulfone groups is 1. The standard InChI is InChI=1S/C28H38N2O5S/c1-18(2)25(16-30-11-10-28(4,19(3)15-30)22-6-5-7-23(31)14-22)29-27(33)26-13-20-8-9-24(32)12-21(20)17-36(26,34)35/h5-9,12,14,18-19,25-26,31-32H,10-11,13,15-17H2,1-4H3,(H,29,33)/t19-,25+,26-,28+/m0/s1. The van der Waals surface area contributed by atoms with E-state index in [1.807, 2.05) is 26.0 Å². The van der Waals surface area contributed by atoms with E-state index < -0.39 is 21.0 Å². The Hall–Kier alpha value is -2.58. The van der Waals surface area contributed by atoms with Crippen molar-refractivity contribution in [1.29, 1.82) is 0 Å². The highest BCUT2D eigenvalue weighted by molar-refractivity contribution is 7.92. The molecule has 7 nitrogen and oxygen atoms in total. The van der Waals surface area contributed by atoms with Crippen LogP contribution in [-0.2, 0) is 32.2 Å². The SMILES string of the molecule is CC(C)[C@@H](CN1CC[C@@](C)(c2cccc(O)c2)[C@@H](C)C1)NC(=O)[C@@H]1Cc2ccc(O)cc2CS1(=O)=O. The van der Waals surface area contributed by atoms with Gasteiger partial charge in [0.15, 0.2) is 9.84 Å². The van der Waals surface area contributed by atoms with Crippen LogP contribution in [0.15, 0.2) is 42.5 Å². The predicted octanol–water partition coefficient (Wildman–Crippen LogP) is 3.38. The smallest absolute Gasteiger partial charge is 0.238 e. The minimum absolute atomic E-state index is 0.0302. The van der Waals surface area contributed by atoms with Crippen molar-refractivity contribution in [2.45, 2.75) is 63.0 Å². The molecule has 1 fully saturated rings. The first-order valence-electron chi connectivity index (χ1n) is 12.7. The summed E-state index contributed by atoms with van der Waals surface area (Å²) in [5.74, 6) is 0.105. The molecule has 2 aliphatic rings. The first kappa shape index (κ1) is 26.5. The fourth-order valence-corrected chi connectivity index (χ4v) is 7.33. The molecule has 2 aromatic carbocycles. The van der Waals surface area contributed by atoms with Crippen LogP contribution >= 0.6 is 0 Å². The number of aromatic hydroxyl groups is 2. The summed E-state index contributed by atoms with van der Waals surface area (Å²) in [6.45, 7) is 10.9. The van der Waals surface area contributed by atoms with Crippen molar-refractivity contribution < 1.29 is 23.4 Å². The fourth-order valence-electron chi connectivity index (χ4n) is 5.60. The van der Waals surface area contributed by atoms with E-state index in [4.69, 9.17) is 0 Å². The maximum absolute atomic E-state index is 13.2. The summed E-state index contributed by atoms with van der Waals surface area (Å²) in [4.78, 5) is 15.6. The van der Waals surface area contributed by atoms with E-state index in [0.29, 0.717) is 18.0 Å². The van der Waals surface area contributed by atoms with Gasteiger partial charge in [-0.15, -0.1) is 0 Å². The van der Waals surface area contributed by atoms with Gasteiger partial charge in [0.05, 0.1) is 5.75 Å². The first-order valence-corrected chi connectivity index (χ1v) is 14.4. The number of phenolic OH excluding ortho intramolecular Hbond substituents is 2. The monoisotopic (exact) mass is 514 g/mol. The van der Waals surface area contributed by atoms with Crippen molar-refractivity contribution in [3.8, 4) is 11.5 Å². The lowest BCUT2D eigenvalue weighted by Gasteiger charge is -2.46. The third-order valence-corrected chi connectivity index (χ3v) is 10.3. The van der Waals surface area contributed by atoms with Gasteiger partial charge in [-0.25, -0.2) is 8.42 Å². The number of carbonyl (C=O) groups is 1. The number of phenols is 2. The molecule has 0 unspecified atom stereocenters. The van der Waals surface area contributed by atoms with Crippen LogP contribution in [0.5, 0.6) is 11.5 Å². The Morgan fingerprint density at radius 2 is 1.86 bits per heavy atom. The molecule has 0 aliphatic carbocycles. The highest BCUT2D eigenvalue weighted by Gasteiger charge is 2.41. The second-order valence-electron chi connectivity index (χ2n) is 11.2. The molecule has 1 saturated heterocycles. The third-order valence-electron chi connectivity index (χ3n) is 8.34. The van der Waals surface area contributed by atoms with Gasteiger partial charge in [0, 0.05) is 19.1 Å². The Kier molecular flexibility index (Phi) is 7.40. The van der Waals surface area contributed by atoms with Gasteiger partial charge in [-0.1, -0.05) is 45.9 Å². The second kappa shape index (κ2) is 10.1. The predicted molar refractivity (Wildman–Crippen MR) is 141 cm³/mol. The number of hydrogen-bond acceptors (Lipinski definition) is 6. The van der Waals surface area contributed by atoms with E-state index in [0.717, 1.165) is 30.6 Å². The topological polar surface area (TPSA) is 107 Å². The number of rotatable bonds is 6. The number of carbonyl (C=O) groups excluding carboxylic acids is 1. The summed E-state index contributed by atoms with van der Waals surface area (Å²) in [7, 11) is -3.67. The summed E-state index contributed by atoms with van der Waals surface area (Å²) in [5, 5.41) is 21.6. The van der Waals surface area contributed by atoms with E-state index in [1.54, 1.807) is 12.1 Å². The average molecular weight is 515 g/mol. The van der Waals surface area contributed by atoms with Crippen LogP contribution < -0.4 is 5.32 Å². The molecule has 0 bridgehead atoms. The molecule has 3 N–H and O–H groups in total. The Balaban J connectivity index is 1.43. The zero-order valence-corrected chi connectivity index (χ0v) is 22.4. The highest BCUT2D eigenvalue weighted by atomic mass is 32.2. The van der Waals surface area contributed by atoms with Crippen LogP contribution in [0.1, 0.15) is 50.8 Å². The molecule has 0 saturated carbocycles. The van der Waals surface area contributed by atoms with Crippen LogP contribution in [0.2, 0.25) is 0 Å². The molecule has 0 radical (unpaired) electrons. The molecule has 196 valence electrons. The molecule has 2 aromatic rings. The van der Waals surface area contributed by atoms with Crippen LogP contribution in [-0.4, -0.2) is 60.4 Å². The molecular weight excluding hydrogens is 476 g/mol. The highest BCUT2D eigenvalue weighted by Crippen LogP contribution is 2.40. The molecule has 0 aromatic heterocycles. The van der Waals surface area contributed by atoms with Gasteiger partial charge in [-0.3, -0.25) is 4.79 Å². The van der Waals surface area contributed by atoms with Crippen molar-refractivity contribution in [1.82, 2.24) is 10.2 Å². The number of nitrogens with zero attached hydrogens (tertiary/aromatic N) is 1. The number of hydrogen-bond donors (Lipinski definition) is 3. The van der Waals surface area contributed by atoms with Gasteiger partial charge in [-0.2, -0.15) is 0 Å². The molecular formula is C28H38N2O5S. The minimum atomic E-state index is -3.67. The number of amides is 1. The number of piperidine rings is 1. The Morgan fingerprint density at radius 3 is 2.53 bits per heavy atom. The fraction of sp³-hybridized carbons (Fsp3) is 0.536. The van der Waals surface area contributed by atoms with Crippen molar-refractivity contribution in [2.24, 2.45) is 11.8 Å². The number of fused-ring (bicyclic) bond motifs is 1. The van der Waals surface area contributed by atoms with Crippen LogP contribution in [0.4, 0.5) is 0 Å². The summed E-state index contributed by atoms with van der Waals surface area (Å²) < 4.78 is 25.9. The van der Waals surface area contributed by atoms with Gasteiger partial charge in [0.2, 0.25) is 5.91 Å². The maximum Gasteiger partial charge on any atom is 0.238 e. The van der Waals surface area contributed by atoms with Crippen LogP contribution in [0.3, 0.4) is 0 Å². The van der Waals surface area contributed by atoms with Crippen molar-refractivity contribution >= 4 is 15.7 Å².